The fourth-order valence-corrected chi connectivity index (χ4v) is 1.80. The first kappa shape index (κ1) is 14.4. The van der Waals surface area contributed by atoms with Gasteiger partial charge in [-0.2, -0.15) is 0 Å². The molecule has 0 radical (unpaired) electrons. The Morgan fingerprint density at radius 3 is 2.71 bits per heavy atom. The van der Waals surface area contributed by atoms with Crippen molar-refractivity contribution in [1.82, 2.24) is 5.32 Å². The van der Waals surface area contributed by atoms with E-state index in [0.29, 0.717) is 6.04 Å². The van der Waals surface area contributed by atoms with Crippen LogP contribution in [-0.4, -0.2) is 19.8 Å². The van der Waals surface area contributed by atoms with Crippen LogP contribution < -0.4 is 5.32 Å². The third-order valence-electron chi connectivity index (χ3n) is 2.73. The molecule has 0 aliphatic heterocycles. The minimum atomic E-state index is -0.373. The van der Waals surface area contributed by atoms with Crippen molar-refractivity contribution in [3.63, 3.8) is 0 Å². The largest absolute Gasteiger partial charge is 0.385 e. The monoisotopic (exact) mass is 259 g/mol. The molecule has 96 valence electrons. The highest BCUT2D eigenvalue weighted by atomic mass is 35.5. The first-order valence-corrected chi connectivity index (χ1v) is 6.12. The van der Waals surface area contributed by atoms with E-state index in [1.54, 1.807) is 13.2 Å². The zero-order valence-corrected chi connectivity index (χ0v) is 11.2. The number of hydrogen-bond donors (Lipinski definition) is 1. The minimum absolute atomic E-state index is 0.0913. The van der Waals surface area contributed by atoms with Crippen molar-refractivity contribution in [3.05, 3.63) is 34.6 Å². The number of ether oxygens (including phenoxy) is 1. The lowest BCUT2D eigenvalue weighted by Crippen LogP contribution is -2.29. The van der Waals surface area contributed by atoms with Crippen LogP contribution in [0.1, 0.15) is 31.9 Å². The van der Waals surface area contributed by atoms with Gasteiger partial charge in [-0.1, -0.05) is 17.7 Å². The molecule has 0 heterocycles. The Balaban J connectivity index is 2.57. The fraction of sp³-hybridized carbons (Fsp3) is 0.538. The van der Waals surface area contributed by atoms with Gasteiger partial charge in [0.15, 0.2) is 0 Å². The smallest absolute Gasteiger partial charge is 0.142 e. The normalized spacial score (nSPS) is 14.6. The van der Waals surface area contributed by atoms with E-state index in [9.17, 15) is 4.39 Å². The van der Waals surface area contributed by atoms with Crippen molar-refractivity contribution in [2.75, 3.05) is 13.7 Å². The highest BCUT2D eigenvalue weighted by Gasteiger charge is 2.11. The maximum atomic E-state index is 13.3. The Morgan fingerprint density at radius 1 is 1.41 bits per heavy atom. The van der Waals surface area contributed by atoms with E-state index < -0.39 is 0 Å². The van der Waals surface area contributed by atoms with E-state index >= 15 is 0 Å². The van der Waals surface area contributed by atoms with Crippen LogP contribution in [-0.2, 0) is 4.74 Å². The van der Waals surface area contributed by atoms with Crippen LogP contribution in [0.4, 0.5) is 4.39 Å². The van der Waals surface area contributed by atoms with E-state index in [4.69, 9.17) is 16.3 Å². The third-order valence-corrected chi connectivity index (χ3v) is 3.04. The lowest BCUT2D eigenvalue weighted by Gasteiger charge is -2.20. The second-order valence-electron chi connectivity index (χ2n) is 4.24. The summed E-state index contributed by atoms with van der Waals surface area (Å²) in [4.78, 5) is 0. The predicted octanol–water partition coefficient (Wildman–Crippen LogP) is 3.55. The summed E-state index contributed by atoms with van der Waals surface area (Å²) in [5.41, 5.74) is 0.899. The molecular weight excluding hydrogens is 241 g/mol. The molecule has 1 aromatic rings. The van der Waals surface area contributed by atoms with Gasteiger partial charge in [-0.3, -0.25) is 0 Å². The number of rotatable bonds is 6. The molecule has 0 saturated heterocycles. The molecule has 2 nitrogen and oxygen atoms in total. The molecule has 1 N–H and O–H groups in total. The zero-order valence-electron chi connectivity index (χ0n) is 10.5. The molecule has 4 heteroatoms. The highest BCUT2D eigenvalue weighted by molar-refractivity contribution is 6.30. The van der Waals surface area contributed by atoms with Crippen molar-refractivity contribution in [3.8, 4) is 0 Å². The van der Waals surface area contributed by atoms with Crippen LogP contribution in [0.3, 0.4) is 0 Å². The van der Waals surface area contributed by atoms with Crippen LogP contribution >= 0.6 is 11.6 Å². The molecule has 2 unspecified atom stereocenters. The fourth-order valence-electron chi connectivity index (χ4n) is 1.68. The van der Waals surface area contributed by atoms with E-state index in [1.807, 2.05) is 13.0 Å². The molecular formula is C13H19ClFNO. The van der Waals surface area contributed by atoms with E-state index in [-0.39, 0.29) is 16.9 Å². The standard InChI is InChI=1S/C13H19ClFNO/c1-9(6-7-17-3)16-10(2)11-4-5-12(14)13(15)8-11/h4-5,8-10,16H,6-7H2,1-3H3. The first-order valence-electron chi connectivity index (χ1n) is 5.74. The summed E-state index contributed by atoms with van der Waals surface area (Å²) >= 11 is 5.65. The number of halogens is 2. The van der Waals surface area contributed by atoms with Gasteiger partial charge in [-0.15, -0.1) is 0 Å². The summed E-state index contributed by atoms with van der Waals surface area (Å²) in [5, 5.41) is 3.55. The summed E-state index contributed by atoms with van der Waals surface area (Å²) in [6, 6.07) is 5.32. The van der Waals surface area contributed by atoms with E-state index in [2.05, 4.69) is 12.2 Å². The maximum Gasteiger partial charge on any atom is 0.142 e. The highest BCUT2D eigenvalue weighted by Crippen LogP contribution is 2.20. The minimum Gasteiger partial charge on any atom is -0.385 e. The van der Waals surface area contributed by atoms with Gasteiger partial charge in [0, 0.05) is 25.8 Å². The van der Waals surface area contributed by atoms with Crippen LogP contribution in [0.2, 0.25) is 5.02 Å². The Labute approximate surface area is 107 Å². The Bertz CT molecular complexity index is 359. The molecule has 0 amide bonds. The van der Waals surface area contributed by atoms with Gasteiger partial charge in [-0.25, -0.2) is 4.39 Å². The molecule has 0 saturated carbocycles. The summed E-state index contributed by atoms with van der Waals surface area (Å²) in [6.45, 7) is 4.81. The molecule has 1 aromatic carbocycles. The summed E-state index contributed by atoms with van der Waals surface area (Å²) < 4.78 is 18.3. The Kier molecular flexibility index (Phi) is 5.89. The lowest BCUT2D eigenvalue weighted by molar-refractivity contribution is 0.183. The molecule has 0 spiro atoms. The van der Waals surface area contributed by atoms with Gasteiger partial charge < -0.3 is 10.1 Å². The molecule has 17 heavy (non-hydrogen) atoms. The van der Waals surface area contributed by atoms with Gasteiger partial charge in [0.25, 0.3) is 0 Å². The zero-order chi connectivity index (χ0) is 12.8. The van der Waals surface area contributed by atoms with Gasteiger partial charge in [0.05, 0.1) is 5.02 Å². The lowest BCUT2D eigenvalue weighted by atomic mass is 10.1. The number of methoxy groups -OCH3 is 1. The van der Waals surface area contributed by atoms with Crippen molar-refractivity contribution < 1.29 is 9.13 Å². The molecule has 0 bridgehead atoms. The van der Waals surface area contributed by atoms with E-state index in [1.165, 1.54) is 6.07 Å². The first-order chi connectivity index (χ1) is 8.04. The molecule has 0 aromatic heterocycles. The maximum absolute atomic E-state index is 13.3. The number of nitrogens with one attached hydrogen (secondary N) is 1. The number of benzene rings is 1. The van der Waals surface area contributed by atoms with Crippen molar-refractivity contribution in [1.29, 1.82) is 0 Å². The second-order valence-corrected chi connectivity index (χ2v) is 4.65. The third kappa shape index (κ3) is 4.62. The van der Waals surface area contributed by atoms with Gasteiger partial charge in [-0.05, 0) is 38.0 Å². The van der Waals surface area contributed by atoms with Gasteiger partial charge in [0.2, 0.25) is 0 Å². The van der Waals surface area contributed by atoms with Crippen LogP contribution in [0, 0.1) is 5.82 Å². The van der Waals surface area contributed by atoms with Crippen molar-refractivity contribution >= 4 is 11.6 Å². The quantitative estimate of drug-likeness (QED) is 0.844. The molecule has 1 rings (SSSR count). The molecule has 0 aliphatic rings. The topological polar surface area (TPSA) is 21.3 Å². The molecule has 0 fully saturated rings. The van der Waals surface area contributed by atoms with Crippen LogP contribution in [0.25, 0.3) is 0 Å². The second kappa shape index (κ2) is 6.94. The Morgan fingerprint density at radius 2 is 2.12 bits per heavy atom. The van der Waals surface area contributed by atoms with Crippen molar-refractivity contribution in [2.24, 2.45) is 0 Å². The van der Waals surface area contributed by atoms with Crippen molar-refractivity contribution in [2.45, 2.75) is 32.4 Å². The number of hydrogen-bond acceptors (Lipinski definition) is 2. The summed E-state index contributed by atoms with van der Waals surface area (Å²) in [5.74, 6) is -0.373. The predicted molar refractivity (Wildman–Crippen MR) is 68.9 cm³/mol. The molecule has 2 atom stereocenters. The Hall–Kier alpha value is -0.640. The van der Waals surface area contributed by atoms with Gasteiger partial charge >= 0.3 is 0 Å². The SMILES string of the molecule is COCCC(C)NC(C)c1ccc(Cl)c(F)c1. The van der Waals surface area contributed by atoms with Gasteiger partial charge in [0.1, 0.15) is 5.82 Å². The summed E-state index contributed by atoms with van der Waals surface area (Å²) in [7, 11) is 1.69. The van der Waals surface area contributed by atoms with Crippen LogP contribution in [0.5, 0.6) is 0 Å². The summed E-state index contributed by atoms with van der Waals surface area (Å²) in [6.07, 6.45) is 0.927. The van der Waals surface area contributed by atoms with Crippen LogP contribution in [0.15, 0.2) is 18.2 Å². The van der Waals surface area contributed by atoms with E-state index in [0.717, 1.165) is 18.6 Å². The average Bonchev–Trinajstić information content (AvgIpc) is 2.30. The molecule has 0 aliphatic carbocycles. The average molecular weight is 260 g/mol.